The first-order valence-electron chi connectivity index (χ1n) is 15.8. The van der Waals surface area contributed by atoms with Crippen LogP contribution >= 0.6 is 23.1 Å². The lowest BCUT2D eigenvalue weighted by Crippen LogP contribution is -2.71. The van der Waals surface area contributed by atoms with Gasteiger partial charge in [0.15, 0.2) is 23.6 Å². The van der Waals surface area contributed by atoms with E-state index in [9.17, 15) is 19.2 Å². The van der Waals surface area contributed by atoms with E-state index in [4.69, 9.17) is 29.5 Å². The number of benzene rings is 3. The van der Waals surface area contributed by atoms with Crippen molar-refractivity contribution >= 4 is 57.7 Å². The molecule has 4 aromatic rings. The summed E-state index contributed by atoms with van der Waals surface area (Å²) in [6.45, 7) is -0.709. The van der Waals surface area contributed by atoms with Gasteiger partial charge in [0.1, 0.15) is 48.0 Å². The molecule has 0 spiro atoms. The number of nitrogen functional groups attached to an aromatic ring is 1. The monoisotopic (exact) mass is 743 g/mol. The molecule has 0 bridgehead atoms. The number of fused-ring (bicyclic) bond motifs is 1. The topological polar surface area (TPSA) is 181 Å². The van der Waals surface area contributed by atoms with Gasteiger partial charge in [-0.25, -0.2) is 14.6 Å². The van der Waals surface area contributed by atoms with Crippen molar-refractivity contribution in [1.29, 1.82) is 0 Å². The summed E-state index contributed by atoms with van der Waals surface area (Å²) in [5, 5.41) is 7.56. The van der Waals surface area contributed by atoms with Crippen LogP contribution in [0.25, 0.3) is 0 Å². The maximum absolute atomic E-state index is 14.2. The molecule has 0 aliphatic carbocycles. The molecular formula is C36H33N5O9S2. The van der Waals surface area contributed by atoms with Crippen molar-refractivity contribution in [3.8, 4) is 11.5 Å². The van der Waals surface area contributed by atoms with Gasteiger partial charge in [0.25, 0.3) is 11.8 Å². The lowest BCUT2D eigenvalue weighted by molar-refractivity contribution is -0.154. The molecular weight excluding hydrogens is 711 g/mol. The Morgan fingerprint density at radius 2 is 1.63 bits per heavy atom. The number of oxime groups is 1. The first kappa shape index (κ1) is 35.9. The second kappa shape index (κ2) is 16.4. The van der Waals surface area contributed by atoms with Crippen LogP contribution in [0.2, 0.25) is 0 Å². The van der Waals surface area contributed by atoms with E-state index in [1.54, 1.807) is 36.8 Å². The SMILES string of the molecule is CO/N=C(/C(=O)NC1C(=O)N2C(C(=O)OC(c3ccccc3)c3ccccc3)=C(COC(=O)COc3ccc(OC)cc3)CSC12)c1csc(N)n1. The number of anilines is 1. The first-order valence-corrected chi connectivity index (χ1v) is 17.7. The second-order valence-electron chi connectivity index (χ2n) is 11.2. The van der Waals surface area contributed by atoms with Crippen LogP contribution in [0, 0.1) is 0 Å². The number of nitrogens with one attached hydrogen (secondary N) is 1. The summed E-state index contributed by atoms with van der Waals surface area (Å²) in [6, 6.07) is 24.0. The largest absolute Gasteiger partial charge is 0.497 e. The number of β-lactam (4-membered cyclic amide) rings is 1. The highest BCUT2D eigenvalue weighted by atomic mass is 32.2. The summed E-state index contributed by atoms with van der Waals surface area (Å²) in [4.78, 5) is 64.3. The molecule has 1 fully saturated rings. The molecule has 268 valence electrons. The zero-order valence-corrected chi connectivity index (χ0v) is 29.6. The van der Waals surface area contributed by atoms with Crippen LogP contribution in [-0.2, 0) is 33.5 Å². The van der Waals surface area contributed by atoms with Crippen LogP contribution < -0.4 is 20.5 Å². The number of ether oxygens (including phenoxy) is 4. The van der Waals surface area contributed by atoms with Gasteiger partial charge in [-0.3, -0.25) is 14.5 Å². The zero-order valence-electron chi connectivity index (χ0n) is 27.9. The van der Waals surface area contributed by atoms with E-state index in [2.05, 4.69) is 15.5 Å². The minimum Gasteiger partial charge on any atom is -0.497 e. The Labute approximate surface area is 306 Å². The van der Waals surface area contributed by atoms with E-state index in [-0.39, 0.29) is 34.6 Å². The van der Waals surface area contributed by atoms with E-state index >= 15 is 0 Å². The van der Waals surface area contributed by atoms with Crippen molar-refractivity contribution in [3.63, 3.8) is 0 Å². The van der Waals surface area contributed by atoms with Gasteiger partial charge in [0, 0.05) is 16.7 Å². The van der Waals surface area contributed by atoms with Crippen LogP contribution in [0.5, 0.6) is 11.5 Å². The molecule has 0 radical (unpaired) electrons. The lowest BCUT2D eigenvalue weighted by atomic mass is 10.0. The highest BCUT2D eigenvalue weighted by Gasteiger charge is 2.55. The van der Waals surface area contributed by atoms with Gasteiger partial charge in [0.2, 0.25) is 0 Å². The fourth-order valence-corrected chi connectivity index (χ4v) is 7.33. The minimum atomic E-state index is -1.03. The predicted molar refractivity (Wildman–Crippen MR) is 192 cm³/mol. The van der Waals surface area contributed by atoms with Gasteiger partial charge >= 0.3 is 11.9 Å². The van der Waals surface area contributed by atoms with Gasteiger partial charge < -0.3 is 34.8 Å². The van der Waals surface area contributed by atoms with E-state index in [1.807, 2.05) is 60.7 Å². The summed E-state index contributed by atoms with van der Waals surface area (Å²) in [6.07, 6.45) is -0.817. The van der Waals surface area contributed by atoms with Crippen LogP contribution in [0.15, 0.2) is 107 Å². The molecule has 1 aromatic heterocycles. The Kier molecular flexibility index (Phi) is 11.4. The molecule has 0 saturated carbocycles. The Balaban J connectivity index is 1.23. The molecule has 3 N–H and O–H groups in total. The number of aromatic nitrogens is 1. The van der Waals surface area contributed by atoms with E-state index in [0.717, 1.165) is 11.3 Å². The Morgan fingerprint density at radius 1 is 0.981 bits per heavy atom. The third-order valence-electron chi connectivity index (χ3n) is 7.94. The maximum atomic E-state index is 14.2. The molecule has 3 heterocycles. The number of thiazole rings is 1. The molecule has 52 heavy (non-hydrogen) atoms. The Morgan fingerprint density at radius 3 is 2.23 bits per heavy atom. The predicted octanol–water partition coefficient (Wildman–Crippen LogP) is 3.69. The fourth-order valence-electron chi connectivity index (χ4n) is 5.46. The number of rotatable bonds is 14. The molecule has 2 atom stereocenters. The number of hydrogen-bond donors (Lipinski definition) is 2. The van der Waals surface area contributed by atoms with Crippen LogP contribution in [0.1, 0.15) is 22.9 Å². The summed E-state index contributed by atoms with van der Waals surface area (Å²) in [7, 11) is 2.82. The molecule has 2 amide bonds. The molecule has 1 saturated heterocycles. The Bertz CT molecular complexity index is 1950. The average Bonchev–Trinajstić information content (AvgIpc) is 3.62. The van der Waals surface area contributed by atoms with E-state index in [1.165, 1.54) is 23.8 Å². The number of carbonyl (C=O) groups excluding carboxylic acids is 4. The van der Waals surface area contributed by atoms with Crippen molar-refractivity contribution in [1.82, 2.24) is 15.2 Å². The number of nitrogens with two attached hydrogens (primary N) is 1. The molecule has 16 heteroatoms. The van der Waals surface area contributed by atoms with Gasteiger partial charge in [-0.2, -0.15) is 0 Å². The average molecular weight is 744 g/mol. The Hall–Kier alpha value is -5.87. The van der Waals surface area contributed by atoms with Gasteiger partial charge in [-0.15, -0.1) is 23.1 Å². The summed E-state index contributed by atoms with van der Waals surface area (Å²) in [5.74, 6) is -1.55. The quantitative estimate of drug-likeness (QED) is 0.0829. The van der Waals surface area contributed by atoms with Gasteiger partial charge in [0.05, 0.1) is 7.11 Å². The number of nitrogens with zero attached hydrogens (tertiary/aromatic N) is 3. The molecule has 2 unspecified atom stereocenters. The smallest absolute Gasteiger partial charge is 0.356 e. The van der Waals surface area contributed by atoms with E-state index in [0.29, 0.717) is 28.2 Å². The summed E-state index contributed by atoms with van der Waals surface area (Å²) < 4.78 is 22.4. The summed E-state index contributed by atoms with van der Waals surface area (Å²) in [5.41, 5.74) is 7.45. The highest BCUT2D eigenvalue weighted by molar-refractivity contribution is 8.00. The van der Waals surface area contributed by atoms with Crippen LogP contribution in [-0.4, -0.2) is 84.0 Å². The molecule has 3 aromatic carbocycles. The number of methoxy groups -OCH3 is 1. The zero-order chi connectivity index (χ0) is 36.6. The molecule has 2 aliphatic heterocycles. The van der Waals surface area contributed by atoms with Gasteiger partial charge in [-0.05, 0) is 35.4 Å². The standard InChI is InChI=1S/C36H33N5O9S2/c1-46-24-13-15-25(16-14-24)48-18-27(42)49-17-23-19-51-34-29(39-32(43)28(40-47-2)26-20-52-36(37)38-26)33(44)41(34)30(23)35(45)50-31(21-9-5-3-6-10-21)22-11-7-4-8-12-22/h3-16,20,29,31,34H,17-19H2,1-2H3,(H2,37,38)(H,39,43)/b40-28+. The van der Waals surface area contributed by atoms with Crippen LogP contribution in [0.4, 0.5) is 5.13 Å². The second-order valence-corrected chi connectivity index (χ2v) is 13.2. The number of carbonyl (C=O) groups is 4. The number of hydrogen-bond acceptors (Lipinski definition) is 14. The van der Waals surface area contributed by atoms with E-state index < -0.39 is 47.9 Å². The number of thioether (sulfide) groups is 1. The molecule has 14 nitrogen and oxygen atoms in total. The van der Waals surface area contributed by atoms with Crippen molar-refractivity contribution in [2.24, 2.45) is 5.16 Å². The maximum Gasteiger partial charge on any atom is 0.356 e. The van der Waals surface area contributed by atoms with Crippen molar-refractivity contribution in [2.75, 3.05) is 38.9 Å². The lowest BCUT2D eigenvalue weighted by Gasteiger charge is -2.49. The number of amides is 2. The van der Waals surface area contributed by atoms with Crippen molar-refractivity contribution < 1.29 is 43.0 Å². The highest BCUT2D eigenvalue weighted by Crippen LogP contribution is 2.42. The van der Waals surface area contributed by atoms with Crippen LogP contribution in [0.3, 0.4) is 0 Å². The third kappa shape index (κ3) is 8.03. The number of esters is 2. The molecule has 6 rings (SSSR count). The summed E-state index contributed by atoms with van der Waals surface area (Å²) >= 11 is 2.40. The minimum absolute atomic E-state index is 0.0713. The first-order chi connectivity index (χ1) is 25.3. The van der Waals surface area contributed by atoms with Crippen molar-refractivity contribution in [2.45, 2.75) is 17.5 Å². The normalized spacial score (nSPS) is 16.8. The third-order valence-corrected chi connectivity index (χ3v) is 9.96. The molecule has 2 aliphatic rings. The fraction of sp³-hybridized carbons (Fsp3) is 0.222. The van der Waals surface area contributed by atoms with Gasteiger partial charge in [-0.1, -0.05) is 65.8 Å². The van der Waals surface area contributed by atoms with Crippen molar-refractivity contribution in [3.05, 3.63) is 118 Å².